The van der Waals surface area contributed by atoms with Gasteiger partial charge in [0.05, 0.1) is 31.3 Å². The van der Waals surface area contributed by atoms with E-state index in [-0.39, 0.29) is 30.0 Å². The summed E-state index contributed by atoms with van der Waals surface area (Å²) in [6, 6.07) is 0. The van der Waals surface area contributed by atoms with Gasteiger partial charge < -0.3 is 24.1 Å². The largest absolute Gasteiger partial charge is 0.466 e. The van der Waals surface area contributed by atoms with Gasteiger partial charge in [0.15, 0.2) is 5.79 Å². The van der Waals surface area contributed by atoms with Crippen molar-refractivity contribution in [1.82, 2.24) is 0 Å². The summed E-state index contributed by atoms with van der Waals surface area (Å²) in [6.45, 7) is 6.08. The molecule has 0 spiro atoms. The van der Waals surface area contributed by atoms with Crippen LogP contribution in [0.25, 0.3) is 0 Å². The second-order valence-electron chi connectivity index (χ2n) is 5.78. The number of rotatable bonds is 2. The van der Waals surface area contributed by atoms with Gasteiger partial charge in [0.1, 0.15) is 12.2 Å². The van der Waals surface area contributed by atoms with Gasteiger partial charge in [-0.05, 0) is 20.8 Å². The number of aliphatic hydroxyl groups is 1. The van der Waals surface area contributed by atoms with Gasteiger partial charge >= 0.3 is 5.97 Å². The molecule has 2 aliphatic heterocycles. The lowest BCUT2D eigenvalue weighted by Gasteiger charge is -2.44. The van der Waals surface area contributed by atoms with Gasteiger partial charge in [-0.2, -0.15) is 0 Å². The van der Waals surface area contributed by atoms with Gasteiger partial charge in [0.2, 0.25) is 0 Å². The molecule has 6 atom stereocenters. The van der Waals surface area contributed by atoms with Crippen LogP contribution < -0.4 is 0 Å². The van der Waals surface area contributed by atoms with Gasteiger partial charge in [-0.15, -0.1) is 0 Å². The van der Waals surface area contributed by atoms with Crippen molar-refractivity contribution in [3.05, 3.63) is 0 Å². The van der Waals surface area contributed by atoms with Crippen LogP contribution >= 0.6 is 0 Å². The highest BCUT2D eigenvalue weighted by Gasteiger charge is 2.67. The first kappa shape index (κ1) is 13.3. The minimum atomic E-state index is -0.730. The average molecular weight is 272 g/mol. The third-order valence-corrected chi connectivity index (χ3v) is 4.01. The van der Waals surface area contributed by atoms with Crippen LogP contribution in [-0.2, 0) is 23.7 Å². The SMILES string of the molecule is CCOC(=O)[C@@H]1C2OC3COC(C)(C)OC3C(O)C21. The predicted octanol–water partition coefficient (Wildman–Crippen LogP) is 0.0753. The van der Waals surface area contributed by atoms with Crippen LogP contribution in [0.4, 0.5) is 0 Å². The van der Waals surface area contributed by atoms with E-state index in [1.807, 2.05) is 0 Å². The van der Waals surface area contributed by atoms with Crippen LogP contribution in [0, 0.1) is 11.8 Å². The van der Waals surface area contributed by atoms with E-state index in [0.29, 0.717) is 13.2 Å². The topological polar surface area (TPSA) is 74.2 Å². The average Bonchev–Trinajstić information content (AvgIpc) is 3.05. The number of hydrogen-bond donors (Lipinski definition) is 1. The minimum Gasteiger partial charge on any atom is -0.466 e. The maximum Gasteiger partial charge on any atom is 0.312 e. The fourth-order valence-corrected chi connectivity index (χ4v) is 3.06. The molecule has 0 bridgehead atoms. The molecular formula is C13H20O6. The summed E-state index contributed by atoms with van der Waals surface area (Å²) in [5, 5.41) is 10.4. The number of aliphatic hydroxyl groups excluding tert-OH is 1. The monoisotopic (exact) mass is 272 g/mol. The Morgan fingerprint density at radius 3 is 2.84 bits per heavy atom. The third kappa shape index (κ3) is 2.16. The Morgan fingerprint density at radius 1 is 1.42 bits per heavy atom. The summed E-state index contributed by atoms with van der Waals surface area (Å²) in [5.74, 6) is -1.61. The molecule has 3 rings (SSSR count). The summed E-state index contributed by atoms with van der Waals surface area (Å²) in [4.78, 5) is 11.8. The Bertz CT molecular complexity index is 381. The van der Waals surface area contributed by atoms with E-state index in [9.17, 15) is 9.90 Å². The quantitative estimate of drug-likeness (QED) is 0.717. The van der Waals surface area contributed by atoms with Crippen LogP contribution in [0.15, 0.2) is 0 Å². The van der Waals surface area contributed by atoms with E-state index in [2.05, 4.69) is 0 Å². The zero-order chi connectivity index (χ0) is 13.8. The Hall–Kier alpha value is -0.690. The molecular weight excluding hydrogens is 252 g/mol. The number of carbonyl (C=O) groups excluding carboxylic acids is 1. The highest BCUT2D eigenvalue weighted by molar-refractivity contribution is 5.77. The second-order valence-corrected chi connectivity index (χ2v) is 5.78. The van der Waals surface area contributed by atoms with Crippen molar-refractivity contribution in [2.45, 2.75) is 51.0 Å². The lowest BCUT2D eigenvalue weighted by molar-refractivity contribution is -0.337. The van der Waals surface area contributed by atoms with Crippen LogP contribution in [0.1, 0.15) is 20.8 Å². The number of ether oxygens (including phenoxy) is 4. The van der Waals surface area contributed by atoms with Crippen molar-refractivity contribution < 1.29 is 28.8 Å². The van der Waals surface area contributed by atoms with Gasteiger partial charge in [0, 0.05) is 5.92 Å². The number of hydrogen-bond acceptors (Lipinski definition) is 6. The Kier molecular flexibility index (Phi) is 3.09. The van der Waals surface area contributed by atoms with Gasteiger partial charge in [-0.3, -0.25) is 4.79 Å². The molecule has 2 heterocycles. The van der Waals surface area contributed by atoms with Crippen LogP contribution in [0.5, 0.6) is 0 Å². The summed E-state index contributed by atoms with van der Waals surface area (Å²) >= 11 is 0. The standard InChI is InChI=1S/C13H20O6/c1-4-16-12(15)8-7-9(14)10-6(18-11(7)8)5-17-13(2,3)19-10/h6-11,14H,4-5H2,1-3H3/t6?,7?,8-,9?,10?,11?/m0/s1. The van der Waals surface area contributed by atoms with Crippen molar-refractivity contribution >= 4 is 5.97 Å². The van der Waals surface area contributed by atoms with Crippen LogP contribution in [0.3, 0.4) is 0 Å². The molecule has 1 aliphatic carbocycles. The van der Waals surface area contributed by atoms with Gasteiger partial charge in [0.25, 0.3) is 0 Å². The molecule has 0 aromatic carbocycles. The van der Waals surface area contributed by atoms with E-state index in [0.717, 1.165) is 0 Å². The van der Waals surface area contributed by atoms with E-state index < -0.39 is 18.0 Å². The van der Waals surface area contributed by atoms with E-state index in [4.69, 9.17) is 18.9 Å². The molecule has 108 valence electrons. The van der Waals surface area contributed by atoms with Crippen molar-refractivity contribution in [2.24, 2.45) is 11.8 Å². The number of fused-ring (bicyclic) bond motifs is 2. The molecule has 19 heavy (non-hydrogen) atoms. The molecule has 3 aliphatic rings. The molecule has 0 aromatic rings. The second kappa shape index (κ2) is 4.41. The highest BCUT2D eigenvalue weighted by atomic mass is 16.7. The first-order chi connectivity index (χ1) is 8.94. The highest BCUT2D eigenvalue weighted by Crippen LogP contribution is 2.52. The Labute approximate surface area is 112 Å². The summed E-state index contributed by atoms with van der Waals surface area (Å²) in [5.41, 5.74) is 0. The van der Waals surface area contributed by atoms with E-state index in [1.165, 1.54) is 0 Å². The molecule has 3 fully saturated rings. The number of esters is 1. The van der Waals surface area contributed by atoms with Crippen molar-refractivity contribution in [2.75, 3.05) is 13.2 Å². The van der Waals surface area contributed by atoms with Crippen molar-refractivity contribution in [3.63, 3.8) is 0 Å². The first-order valence-corrected chi connectivity index (χ1v) is 6.76. The maximum absolute atomic E-state index is 11.8. The normalized spacial score (nSPS) is 46.9. The van der Waals surface area contributed by atoms with Gasteiger partial charge in [-0.1, -0.05) is 0 Å². The summed E-state index contributed by atoms with van der Waals surface area (Å²) < 4.78 is 22.0. The molecule has 1 saturated carbocycles. The molecule has 5 unspecified atom stereocenters. The zero-order valence-corrected chi connectivity index (χ0v) is 11.4. The van der Waals surface area contributed by atoms with Gasteiger partial charge in [-0.25, -0.2) is 0 Å². The van der Waals surface area contributed by atoms with Crippen molar-refractivity contribution in [1.29, 1.82) is 0 Å². The molecule has 1 N–H and O–H groups in total. The molecule has 2 saturated heterocycles. The van der Waals surface area contributed by atoms with E-state index >= 15 is 0 Å². The fourth-order valence-electron chi connectivity index (χ4n) is 3.06. The summed E-state index contributed by atoms with van der Waals surface area (Å²) in [7, 11) is 0. The maximum atomic E-state index is 11.8. The molecule has 0 aromatic heterocycles. The zero-order valence-electron chi connectivity index (χ0n) is 11.4. The molecule has 6 heteroatoms. The molecule has 6 nitrogen and oxygen atoms in total. The molecule has 0 amide bonds. The Balaban J connectivity index is 1.71. The predicted molar refractivity (Wildman–Crippen MR) is 63.2 cm³/mol. The third-order valence-electron chi connectivity index (χ3n) is 4.01. The minimum absolute atomic E-state index is 0.214. The van der Waals surface area contributed by atoms with Crippen LogP contribution in [0.2, 0.25) is 0 Å². The lowest BCUT2D eigenvalue weighted by Crippen LogP contribution is -2.57. The van der Waals surface area contributed by atoms with E-state index in [1.54, 1.807) is 20.8 Å². The number of carbonyl (C=O) groups is 1. The Morgan fingerprint density at radius 2 is 2.16 bits per heavy atom. The first-order valence-electron chi connectivity index (χ1n) is 6.76. The molecule has 0 radical (unpaired) electrons. The fraction of sp³-hybridized carbons (Fsp3) is 0.923. The smallest absolute Gasteiger partial charge is 0.312 e. The summed E-state index contributed by atoms with van der Waals surface area (Å²) in [6.07, 6.45) is -1.72. The lowest BCUT2D eigenvalue weighted by atomic mass is 9.99. The van der Waals surface area contributed by atoms with Crippen LogP contribution in [-0.4, -0.2) is 54.5 Å². The van der Waals surface area contributed by atoms with Crippen molar-refractivity contribution in [3.8, 4) is 0 Å².